The predicted octanol–water partition coefficient (Wildman–Crippen LogP) is 6.48. The standard InChI is InChI=1S/C37H35N9O24S7/c38-31-33(43-40-22-3-5-23(6-4-22)71-68-63-13-12-46-11-1-2-21(20-46)36(47)48)30(37(49)50)34(44-41-26-9-7-24(18-28(26)72-69-66-51)74(53,54)16-14-64-76(57,58)59)32(39)35(31)45-42-27-10-8-25(19-29(27)73-70-67-52)75(55,56)17-15-65-77(60,61)62/h1-11,18-20H,12-17H2,(H9-,38,39,40,41,42,47,48,49,50,51,52,57,58,59,60,61,62)/p+1. The highest BCUT2D eigenvalue weighted by atomic mass is 32.3. The lowest BCUT2D eigenvalue weighted by molar-refractivity contribution is -0.700. The first-order valence-electron chi connectivity index (χ1n) is 20.1. The Labute approximate surface area is 446 Å². The van der Waals surface area contributed by atoms with E-state index in [0.717, 1.165) is 48.4 Å². The molecule has 5 rings (SSSR count). The molecule has 1 heterocycles. The van der Waals surface area contributed by atoms with Gasteiger partial charge in [0.15, 0.2) is 38.6 Å². The number of carboxylic acid groups (broad SMARTS) is 2. The molecule has 33 nitrogen and oxygen atoms in total. The molecule has 0 unspecified atom stereocenters. The Kier molecular flexibility index (Phi) is 22.3. The molecule has 0 spiro atoms. The summed E-state index contributed by atoms with van der Waals surface area (Å²) in [6, 6.07) is 14.6. The first-order chi connectivity index (χ1) is 36.3. The number of benzene rings is 4. The number of anilines is 2. The largest absolute Gasteiger partial charge is 0.478 e. The van der Waals surface area contributed by atoms with Gasteiger partial charge in [0.2, 0.25) is 0 Å². The Bertz CT molecular complexity index is 3520. The maximum atomic E-state index is 13.1. The minimum atomic E-state index is -5.01. The summed E-state index contributed by atoms with van der Waals surface area (Å²) in [6.45, 7) is -1.73. The van der Waals surface area contributed by atoms with Crippen molar-refractivity contribution in [2.24, 2.45) is 30.7 Å². The molecule has 0 amide bonds. The summed E-state index contributed by atoms with van der Waals surface area (Å²) in [5.41, 5.74) is 8.33. The summed E-state index contributed by atoms with van der Waals surface area (Å²) in [5, 5.41) is 69.0. The van der Waals surface area contributed by atoms with Gasteiger partial charge >= 0.3 is 32.7 Å². The van der Waals surface area contributed by atoms with E-state index < -0.39 is 121 Å². The molecule has 10 N–H and O–H groups in total. The molecule has 414 valence electrons. The van der Waals surface area contributed by atoms with Crippen molar-refractivity contribution in [3.63, 3.8) is 0 Å². The molecule has 0 radical (unpaired) electrons. The number of hydrogen-bond donors (Lipinski definition) is 8. The fourth-order valence-electron chi connectivity index (χ4n) is 5.69. The van der Waals surface area contributed by atoms with Crippen molar-refractivity contribution in [2.45, 2.75) is 31.0 Å². The molecule has 5 aromatic rings. The van der Waals surface area contributed by atoms with Gasteiger partial charge in [-0.1, -0.05) is 10.1 Å². The molecule has 0 saturated carbocycles. The van der Waals surface area contributed by atoms with Crippen LogP contribution in [0.5, 0.6) is 0 Å². The maximum absolute atomic E-state index is 13.1. The number of nitrogens with zero attached hydrogens (tertiary/aromatic N) is 7. The van der Waals surface area contributed by atoms with Gasteiger partial charge < -0.3 is 21.7 Å². The summed E-state index contributed by atoms with van der Waals surface area (Å²) < 4.78 is 137. The monoisotopic (exact) mass is 1210 g/mol. The summed E-state index contributed by atoms with van der Waals surface area (Å²) in [7, 11) is -18.8. The third kappa shape index (κ3) is 18.7. The fourth-order valence-corrected chi connectivity index (χ4v) is 10.3. The number of rotatable bonds is 30. The van der Waals surface area contributed by atoms with Crippen LogP contribution in [0.2, 0.25) is 0 Å². The molecule has 4 aromatic carbocycles. The van der Waals surface area contributed by atoms with E-state index >= 15 is 0 Å². The van der Waals surface area contributed by atoms with Crippen LogP contribution in [0.4, 0.5) is 45.5 Å². The molecule has 0 aliphatic carbocycles. The lowest BCUT2D eigenvalue weighted by Gasteiger charge is -2.14. The number of carboxylic acids is 2. The van der Waals surface area contributed by atoms with Crippen molar-refractivity contribution >= 4 is 134 Å². The first kappa shape index (κ1) is 61.6. The van der Waals surface area contributed by atoms with Crippen molar-refractivity contribution in [3.05, 3.63) is 96.3 Å². The molecule has 0 atom stereocenters. The highest BCUT2D eigenvalue weighted by Crippen LogP contribution is 2.50. The number of nitrogens with two attached hydrogens (primary N) is 2. The van der Waals surface area contributed by atoms with Crippen LogP contribution in [-0.4, -0.2) is 107 Å². The van der Waals surface area contributed by atoms with Gasteiger partial charge in [0.25, 0.3) is 0 Å². The van der Waals surface area contributed by atoms with Gasteiger partial charge in [-0.15, -0.1) is 34.2 Å². The Balaban J connectivity index is 1.56. The molecule has 0 aliphatic rings. The minimum Gasteiger partial charge on any atom is -0.478 e. The SMILES string of the molecule is Nc1c(N=Nc2ccc(S(=O)(=O)CCOS(=O)(=O)O)cc2SOOO)c(N)c(N=Nc2ccc(S(=O)(=O)CCOS(=O)(=O)O)cc2SOOO)c(C(=O)O)c1N=Nc1ccc(SOOCC[n+]2cccc(C(=O)O)c2)cc1. The van der Waals surface area contributed by atoms with Crippen LogP contribution in [0, 0.1) is 0 Å². The third-order valence-electron chi connectivity index (χ3n) is 9.10. The lowest BCUT2D eigenvalue weighted by atomic mass is 10.1. The van der Waals surface area contributed by atoms with Crippen molar-refractivity contribution in [2.75, 3.05) is 42.8 Å². The summed E-state index contributed by atoms with van der Waals surface area (Å²) in [5.74, 6) is -4.83. The third-order valence-corrected chi connectivity index (χ3v) is 15.3. The zero-order valence-corrected chi connectivity index (χ0v) is 43.7. The number of sulfone groups is 2. The molecule has 77 heavy (non-hydrogen) atoms. The van der Waals surface area contributed by atoms with Gasteiger partial charge in [0.05, 0.1) is 97.5 Å². The molecule has 0 fully saturated rings. The number of pyridine rings is 1. The molecular formula is C37H36N9O24S7+. The van der Waals surface area contributed by atoms with Gasteiger partial charge in [0.1, 0.15) is 46.2 Å². The molecule has 0 aliphatic heterocycles. The quantitative estimate of drug-likeness (QED) is 0.00356. The molecule has 40 heteroatoms. The second kappa shape index (κ2) is 27.9. The number of aromatic carboxylic acids is 2. The average Bonchev–Trinajstić information content (AvgIpc) is 3.38. The van der Waals surface area contributed by atoms with Crippen molar-refractivity contribution in [3.8, 4) is 0 Å². The predicted molar refractivity (Wildman–Crippen MR) is 261 cm³/mol. The van der Waals surface area contributed by atoms with Crippen LogP contribution in [0.3, 0.4) is 0 Å². The Morgan fingerprint density at radius 1 is 0.584 bits per heavy atom. The van der Waals surface area contributed by atoms with Gasteiger partial charge in [-0.25, -0.2) is 54.8 Å². The Morgan fingerprint density at radius 3 is 1.55 bits per heavy atom. The second-order valence-electron chi connectivity index (χ2n) is 14.1. The second-order valence-corrected chi connectivity index (χ2v) is 22.8. The summed E-state index contributed by atoms with van der Waals surface area (Å²) >= 11 is 1.13. The van der Waals surface area contributed by atoms with E-state index in [0.29, 0.717) is 4.90 Å². The number of carbonyl (C=O) groups is 2. The van der Waals surface area contributed by atoms with Gasteiger partial charge in [-0.2, -0.15) is 26.3 Å². The number of azo groups is 3. The number of hydrogen-bond acceptors (Lipinski definition) is 31. The minimum absolute atomic E-state index is 0.0269. The van der Waals surface area contributed by atoms with E-state index in [9.17, 15) is 53.5 Å². The van der Waals surface area contributed by atoms with Crippen molar-refractivity contribution in [1.82, 2.24) is 0 Å². The van der Waals surface area contributed by atoms with Crippen LogP contribution in [0.1, 0.15) is 20.7 Å². The van der Waals surface area contributed by atoms with Crippen LogP contribution < -0.4 is 16.0 Å². The topological polar surface area (TPSA) is 496 Å². The van der Waals surface area contributed by atoms with Crippen LogP contribution in [-0.2, 0) is 83.3 Å². The first-order valence-corrected chi connectivity index (χ1v) is 28.4. The molecule has 1 aromatic heterocycles. The zero-order valence-electron chi connectivity index (χ0n) is 38.0. The summed E-state index contributed by atoms with van der Waals surface area (Å²) in [4.78, 5) is 28.4. The molecule has 0 bridgehead atoms. The number of aromatic nitrogens is 1. The zero-order chi connectivity index (χ0) is 56.6. The highest BCUT2D eigenvalue weighted by Gasteiger charge is 2.28. The lowest BCUT2D eigenvalue weighted by Crippen LogP contribution is -2.36. The van der Waals surface area contributed by atoms with Gasteiger partial charge in [-0.3, -0.25) is 9.11 Å². The maximum Gasteiger partial charge on any atom is 0.397 e. The van der Waals surface area contributed by atoms with Crippen LogP contribution >= 0.6 is 36.1 Å². The normalized spacial score (nSPS) is 12.6. The van der Waals surface area contributed by atoms with Gasteiger partial charge in [0, 0.05) is 11.0 Å². The van der Waals surface area contributed by atoms with Crippen LogP contribution in [0.15, 0.2) is 140 Å². The van der Waals surface area contributed by atoms with E-state index in [1.54, 1.807) is 16.8 Å². The smallest absolute Gasteiger partial charge is 0.397 e. The van der Waals surface area contributed by atoms with Gasteiger partial charge in [-0.05, 0) is 66.7 Å². The molecule has 0 saturated heterocycles. The Hall–Kier alpha value is -6.26. The van der Waals surface area contributed by atoms with E-state index in [1.165, 1.54) is 36.5 Å². The number of nitrogen functional groups attached to an aromatic ring is 2. The van der Waals surface area contributed by atoms with Crippen molar-refractivity contribution < 1.29 is 114 Å². The van der Waals surface area contributed by atoms with E-state index in [-0.39, 0.29) is 69.7 Å². The summed E-state index contributed by atoms with van der Waals surface area (Å²) in [6.07, 6.45) is 3.04. The van der Waals surface area contributed by atoms with E-state index in [1.807, 2.05) is 0 Å². The fraction of sp³-hybridized carbons (Fsp3) is 0.162. The van der Waals surface area contributed by atoms with E-state index in [4.69, 9.17) is 40.3 Å². The highest BCUT2D eigenvalue weighted by molar-refractivity contribution is 7.95. The Morgan fingerprint density at radius 2 is 1.08 bits per heavy atom. The molecular weight excluding hydrogens is 1180 g/mol. The van der Waals surface area contributed by atoms with E-state index in [2.05, 4.69) is 57.8 Å². The average molecular weight is 1220 g/mol. The van der Waals surface area contributed by atoms with Crippen molar-refractivity contribution in [1.29, 1.82) is 0 Å². The van der Waals surface area contributed by atoms with Crippen LogP contribution in [0.25, 0.3) is 0 Å².